The van der Waals surface area contributed by atoms with Crippen LogP contribution in [0.3, 0.4) is 0 Å². The van der Waals surface area contributed by atoms with Crippen LogP contribution in [0.15, 0.2) is 57.7 Å². The molecule has 140 valence electrons. The normalized spacial score (nSPS) is 10.9. The van der Waals surface area contributed by atoms with Gasteiger partial charge in [0, 0.05) is 17.2 Å². The van der Waals surface area contributed by atoms with E-state index in [1.54, 1.807) is 37.3 Å². The Labute approximate surface area is 158 Å². The number of aryl methyl sites for hydroxylation is 1. The molecule has 1 amide bonds. The standard InChI is InChI=1S/C20H15FN4O3/c1-11-23-15(9-18(26)24-11)10-22-19(27)12-5-6-17-16(8-12)25-20(28-17)13-3-2-4-14(21)7-13/h2-9H,10H2,1H3,(H,22,27)(H,23,24,26). The maximum Gasteiger partial charge on any atom is 0.251 e. The summed E-state index contributed by atoms with van der Waals surface area (Å²) in [5.41, 5.74) is 2.06. The van der Waals surface area contributed by atoms with Crippen LogP contribution in [0.4, 0.5) is 4.39 Å². The summed E-state index contributed by atoms with van der Waals surface area (Å²) in [5, 5.41) is 2.72. The van der Waals surface area contributed by atoms with Gasteiger partial charge in [-0.05, 0) is 43.3 Å². The van der Waals surface area contributed by atoms with Crippen molar-refractivity contribution in [2.24, 2.45) is 0 Å². The lowest BCUT2D eigenvalue weighted by atomic mass is 10.2. The van der Waals surface area contributed by atoms with Crippen molar-refractivity contribution in [3.63, 3.8) is 0 Å². The summed E-state index contributed by atoms with van der Waals surface area (Å²) < 4.78 is 19.0. The Morgan fingerprint density at radius 2 is 2.04 bits per heavy atom. The van der Waals surface area contributed by atoms with E-state index in [1.165, 1.54) is 18.2 Å². The first-order valence-electron chi connectivity index (χ1n) is 8.49. The number of hydrogen-bond acceptors (Lipinski definition) is 5. The highest BCUT2D eigenvalue weighted by atomic mass is 19.1. The van der Waals surface area contributed by atoms with Crippen LogP contribution >= 0.6 is 0 Å². The third kappa shape index (κ3) is 3.66. The van der Waals surface area contributed by atoms with Crippen molar-refractivity contribution in [3.05, 3.63) is 81.8 Å². The molecule has 2 N–H and O–H groups in total. The predicted molar refractivity (Wildman–Crippen MR) is 100 cm³/mol. The number of amides is 1. The molecule has 0 aliphatic heterocycles. The minimum absolute atomic E-state index is 0.120. The lowest BCUT2D eigenvalue weighted by molar-refractivity contribution is 0.0950. The Balaban J connectivity index is 1.55. The lowest BCUT2D eigenvalue weighted by Gasteiger charge is -2.05. The first-order valence-corrected chi connectivity index (χ1v) is 8.49. The summed E-state index contributed by atoms with van der Waals surface area (Å²) in [6, 6.07) is 12.1. The molecule has 28 heavy (non-hydrogen) atoms. The average Bonchev–Trinajstić information content (AvgIpc) is 3.09. The number of carbonyl (C=O) groups is 1. The number of benzene rings is 2. The van der Waals surface area contributed by atoms with Gasteiger partial charge in [0.05, 0.1) is 12.2 Å². The largest absolute Gasteiger partial charge is 0.436 e. The molecule has 4 rings (SSSR count). The summed E-state index contributed by atoms with van der Waals surface area (Å²) in [5.74, 6) is 0.0289. The van der Waals surface area contributed by atoms with Crippen molar-refractivity contribution in [2.45, 2.75) is 13.5 Å². The van der Waals surface area contributed by atoms with Gasteiger partial charge < -0.3 is 14.7 Å². The third-order valence-electron chi connectivity index (χ3n) is 4.06. The van der Waals surface area contributed by atoms with Gasteiger partial charge in [-0.15, -0.1) is 0 Å². The third-order valence-corrected chi connectivity index (χ3v) is 4.06. The Hall–Kier alpha value is -3.81. The van der Waals surface area contributed by atoms with Gasteiger partial charge in [0.25, 0.3) is 11.5 Å². The fourth-order valence-corrected chi connectivity index (χ4v) is 2.82. The summed E-state index contributed by atoms with van der Waals surface area (Å²) in [6.45, 7) is 1.79. The monoisotopic (exact) mass is 378 g/mol. The van der Waals surface area contributed by atoms with Gasteiger partial charge in [0.2, 0.25) is 5.89 Å². The van der Waals surface area contributed by atoms with E-state index in [0.29, 0.717) is 33.7 Å². The van der Waals surface area contributed by atoms with Crippen LogP contribution in [0.2, 0.25) is 0 Å². The Bertz CT molecular complexity index is 1250. The molecule has 2 aromatic carbocycles. The zero-order chi connectivity index (χ0) is 19.7. The molecular weight excluding hydrogens is 363 g/mol. The number of aromatic amines is 1. The molecular formula is C20H15FN4O3. The number of hydrogen-bond donors (Lipinski definition) is 2. The number of nitrogens with one attached hydrogen (secondary N) is 2. The Morgan fingerprint density at radius 3 is 2.82 bits per heavy atom. The van der Waals surface area contributed by atoms with Crippen molar-refractivity contribution >= 4 is 17.0 Å². The number of nitrogens with zero attached hydrogens (tertiary/aromatic N) is 2. The number of aromatic nitrogens is 3. The van der Waals surface area contributed by atoms with Crippen molar-refractivity contribution in [3.8, 4) is 11.5 Å². The van der Waals surface area contributed by atoms with E-state index in [2.05, 4.69) is 20.3 Å². The smallest absolute Gasteiger partial charge is 0.251 e. The minimum atomic E-state index is -0.386. The van der Waals surface area contributed by atoms with Crippen LogP contribution < -0.4 is 10.9 Å². The first kappa shape index (κ1) is 17.6. The summed E-state index contributed by atoms with van der Waals surface area (Å²) in [6.07, 6.45) is 0. The zero-order valence-electron chi connectivity index (χ0n) is 14.8. The van der Waals surface area contributed by atoms with E-state index >= 15 is 0 Å². The molecule has 0 saturated carbocycles. The van der Waals surface area contributed by atoms with Gasteiger partial charge in [0.1, 0.15) is 17.2 Å². The maximum atomic E-state index is 13.4. The number of rotatable bonds is 4. The molecule has 0 aliphatic carbocycles. The number of carbonyl (C=O) groups excluding carboxylic acids is 1. The molecule has 0 spiro atoms. The second kappa shape index (κ2) is 7.07. The molecule has 0 radical (unpaired) electrons. The molecule has 0 aliphatic rings. The number of oxazole rings is 1. The predicted octanol–water partition coefficient (Wildman–Crippen LogP) is 2.96. The van der Waals surface area contributed by atoms with Gasteiger partial charge in [-0.2, -0.15) is 0 Å². The highest BCUT2D eigenvalue weighted by molar-refractivity contribution is 5.97. The molecule has 4 aromatic rings. The van der Waals surface area contributed by atoms with Gasteiger partial charge in [-0.25, -0.2) is 14.4 Å². The second-order valence-corrected chi connectivity index (χ2v) is 6.22. The SMILES string of the molecule is Cc1nc(CNC(=O)c2ccc3oc(-c4cccc(F)c4)nc3c2)cc(=O)[nH]1. The summed E-state index contributed by atoms with van der Waals surface area (Å²) in [4.78, 5) is 34.9. The summed E-state index contributed by atoms with van der Waals surface area (Å²) >= 11 is 0. The molecule has 8 heteroatoms. The van der Waals surface area contributed by atoms with Crippen molar-refractivity contribution in [1.29, 1.82) is 0 Å². The highest BCUT2D eigenvalue weighted by Crippen LogP contribution is 2.25. The fraction of sp³-hybridized carbons (Fsp3) is 0.100. The van der Waals surface area contributed by atoms with Crippen LogP contribution in [0.25, 0.3) is 22.6 Å². The maximum absolute atomic E-state index is 13.4. The van der Waals surface area contributed by atoms with Gasteiger partial charge in [-0.3, -0.25) is 9.59 Å². The van der Waals surface area contributed by atoms with E-state index in [4.69, 9.17) is 4.42 Å². The highest BCUT2D eigenvalue weighted by Gasteiger charge is 2.12. The van der Waals surface area contributed by atoms with E-state index in [-0.39, 0.29) is 29.7 Å². The van der Waals surface area contributed by atoms with Crippen LogP contribution in [0.5, 0.6) is 0 Å². The minimum Gasteiger partial charge on any atom is -0.436 e. The van der Waals surface area contributed by atoms with Crippen LogP contribution in [0.1, 0.15) is 21.9 Å². The van der Waals surface area contributed by atoms with Crippen LogP contribution in [-0.2, 0) is 6.54 Å². The van der Waals surface area contributed by atoms with E-state index in [9.17, 15) is 14.0 Å². The van der Waals surface area contributed by atoms with Crippen LogP contribution in [-0.4, -0.2) is 20.9 Å². The van der Waals surface area contributed by atoms with Crippen LogP contribution in [0, 0.1) is 12.7 Å². The molecule has 0 saturated heterocycles. The van der Waals surface area contributed by atoms with Gasteiger partial charge in [-0.1, -0.05) is 6.07 Å². The van der Waals surface area contributed by atoms with Gasteiger partial charge >= 0.3 is 0 Å². The number of fused-ring (bicyclic) bond motifs is 1. The number of halogens is 1. The Kier molecular flexibility index (Phi) is 4.44. The Morgan fingerprint density at radius 1 is 1.18 bits per heavy atom. The lowest BCUT2D eigenvalue weighted by Crippen LogP contribution is -2.24. The van der Waals surface area contributed by atoms with Crippen molar-refractivity contribution < 1.29 is 13.6 Å². The molecule has 7 nitrogen and oxygen atoms in total. The van der Waals surface area contributed by atoms with E-state index in [1.807, 2.05) is 0 Å². The molecule has 0 unspecified atom stereocenters. The van der Waals surface area contributed by atoms with E-state index in [0.717, 1.165) is 0 Å². The van der Waals surface area contributed by atoms with E-state index < -0.39 is 0 Å². The number of H-pyrrole nitrogens is 1. The molecule has 0 bridgehead atoms. The molecule has 0 fully saturated rings. The van der Waals surface area contributed by atoms with Gasteiger partial charge in [0.15, 0.2) is 5.58 Å². The van der Waals surface area contributed by atoms with Crippen molar-refractivity contribution in [1.82, 2.24) is 20.3 Å². The molecule has 0 atom stereocenters. The molecule has 2 aromatic heterocycles. The average molecular weight is 378 g/mol. The second-order valence-electron chi connectivity index (χ2n) is 6.22. The quantitative estimate of drug-likeness (QED) is 0.569. The fourth-order valence-electron chi connectivity index (χ4n) is 2.82. The van der Waals surface area contributed by atoms with Crippen molar-refractivity contribution in [2.75, 3.05) is 0 Å². The molecule has 2 heterocycles. The first-order chi connectivity index (χ1) is 13.5. The summed E-state index contributed by atoms with van der Waals surface area (Å²) in [7, 11) is 0. The zero-order valence-corrected chi connectivity index (χ0v) is 14.8. The topological polar surface area (TPSA) is 101 Å².